The Morgan fingerprint density at radius 3 is 2.86 bits per heavy atom. The monoisotopic (exact) mass is 421 g/mol. The van der Waals surface area contributed by atoms with Gasteiger partial charge in [-0.3, -0.25) is 14.8 Å². The number of thiophene rings is 1. The molecule has 0 radical (unpaired) electrons. The smallest absolute Gasteiger partial charge is 0.191 e. The maximum atomic E-state index is 5.45. The Labute approximate surface area is 180 Å². The molecule has 1 aromatic rings. The van der Waals surface area contributed by atoms with Crippen LogP contribution in [0.3, 0.4) is 0 Å². The van der Waals surface area contributed by atoms with Gasteiger partial charge >= 0.3 is 0 Å². The van der Waals surface area contributed by atoms with E-state index in [1.54, 1.807) is 0 Å². The number of guanidine groups is 1. The van der Waals surface area contributed by atoms with Crippen LogP contribution in [0.1, 0.15) is 37.6 Å². The van der Waals surface area contributed by atoms with Crippen molar-refractivity contribution in [1.29, 1.82) is 0 Å². The molecule has 2 aliphatic heterocycles. The highest BCUT2D eigenvalue weighted by molar-refractivity contribution is 7.10. The van der Waals surface area contributed by atoms with E-state index in [-0.39, 0.29) is 0 Å². The second kappa shape index (κ2) is 11.9. The zero-order valence-corrected chi connectivity index (χ0v) is 19.2. The van der Waals surface area contributed by atoms with Crippen LogP contribution in [0.5, 0.6) is 0 Å². The topological polar surface area (TPSA) is 52.1 Å². The van der Waals surface area contributed by atoms with Gasteiger partial charge in [-0.1, -0.05) is 13.0 Å². The molecule has 0 spiro atoms. The summed E-state index contributed by atoms with van der Waals surface area (Å²) in [6.07, 6.45) is 2.54. The lowest BCUT2D eigenvalue weighted by Crippen LogP contribution is -2.45. The van der Waals surface area contributed by atoms with Gasteiger partial charge in [0.2, 0.25) is 0 Å². The summed E-state index contributed by atoms with van der Waals surface area (Å²) in [5.41, 5.74) is 0. The van der Waals surface area contributed by atoms with Crippen LogP contribution in [-0.4, -0.2) is 81.8 Å². The van der Waals surface area contributed by atoms with Crippen molar-refractivity contribution in [2.75, 3.05) is 66.1 Å². The van der Waals surface area contributed by atoms with E-state index in [2.05, 4.69) is 58.8 Å². The minimum atomic E-state index is 0.513. The highest BCUT2D eigenvalue weighted by Crippen LogP contribution is 2.36. The van der Waals surface area contributed by atoms with E-state index in [0.717, 1.165) is 58.4 Å². The summed E-state index contributed by atoms with van der Waals surface area (Å²) in [6.45, 7) is 13.3. The Hall–Kier alpha value is -1.15. The SMILES string of the molecule is CCNC(=NCC(C)CN1CCOCC1)NCC1CCCN(C)C1c1cccs1. The maximum Gasteiger partial charge on any atom is 0.191 e. The van der Waals surface area contributed by atoms with Crippen molar-refractivity contribution in [3.05, 3.63) is 22.4 Å². The van der Waals surface area contributed by atoms with Crippen LogP contribution < -0.4 is 10.6 Å². The number of hydrogen-bond donors (Lipinski definition) is 2. The van der Waals surface area contributed by atoms with Gasteiger partial charge in [-0.25, -0.2) is 0 Å². The summed E-state index contributed by atoms with van der Waals surface area (Å²) in [4.78, 5) is 11.4. The van der Waals surface area contributed by atoms with E-state index >= 15 is 0 Å². The molecule has 0 bridgehead atoms. The number of ether oxygens (including phenoxy) is 1. The third-order valence-electron chi connectivity index (χ3n) is 5.95. The predicted molar refractivity (Wildman–Crippen MR) is 123 cm³/mol. The fourth-order valence-corrected chi connectivity index (χ4v) is 5.46. The highest BCUT2D eigenvalue weighted by atomic mass is 32.1. The number of piperidine rings is 1. The summed E-state index contributed by atoms with van der Waals surface area (Å²) >= 11 is 1.88. The molecule has 1 aromatic heterocycles. The Morgan fingerprint density at radius 1 is 1.31 bits per heavy atom. The summed E-state index contributed by atoms with van der Waals surface area (Å²) in [6, 6.07) is 4.98. The fraction of sp³-hybridized carbons (Fsp3) is 0.773. The zero-order chi connectivity index (χ0) is 20.5. The summed E-state index contributed by atoms with van der Waals surface area (Å²) < 4.78 is 5.45. The molecule has 2 saturated heterocycles. The number of nitrogens with one attached hydrogen (secondary N) is 2. The lowest BCUT2D eigenvalue weighted by Gasteiger charge is -2.39. The fourth-order valence-electron chi connectivity index (χ4n) is 4.48. The van der Waals surface area contributed by atoms with Gasteiger partial charge < -0.3 is 15.4 Å². The highest BCUT2D eigenvalue weighted by Gasteiger charge is 2.31. The Balaban J connectivity index is 1.52. The summed E-state index contributed by atoms with van der Waals surface area (Å²) in [7, 11) is 2.27. The molecule has 3 heterocycles. The lowest BCUT2D eigenvalue weighted by molar-refractivity contribution is 0.0323. The molecule has 7 heteroatoms. The molecule has 0 aliphatic carbocycles. The van der Waals surface area contributed by atoms with Crippen LogP contribution in [0.4, 0.5) is 0 Å². The van der Waals surface area contributed by atoms with Crippen molar-refractivity contribution in [1.82, 2.24) is 20.4 Å². The zero-order valence-electron chi connectivity index (χ0n) is 18.4. The molecule has 2 fully saturated rings. The molecular formula is C22H39N5OS. The van der Waals surface area contributed by atoms with E-state index in [4.69, 9.17) is 9.73 Å². The van der Waals surface area contributed by atoms with Crippen LogP contribution >= 0.6 is 11.3 Å². The van der Waals surface area contributed by atoms with E-state index in [0.29, 0.717) is 17.9 Å². The largest absolute Gasteiger partial charge is 0.379 e. The van der Waals surface area contributed by atoms with Crippen molar-refractivity contribution in [3.63, 3.8) is 0 Å². The van der Waals surface area contributed by atoms with Crippen LogP contribution in [0.2, 0.25) is 0 Å². The van der Waals surface area contributed by atoms with Crippen LogP contribution in [0.25, 0.3) is 0 Å². The average molecular weight is 422 g/mol. The molecule has 6 nitrogen and oxygen atoms in total. The van der Waals surface area contributed by atoms with Gasteiger partial charge in [0.05, 0.1) is 13.2 Å². The van der Waals surface area contributed by atoms with E-state index in [9.17, 15) is 0 Å². The molecular weight excluding hydrogens is 382 g/mol. The van der Waals surface area contributed by atoms with Gasteiger partial charge in [-0.15, -0.1) is 11.3 Å². The standard InChI is InChI=1S/C22H39N5OS/c1-4-23-22(24-15-18(2)17-27-10-12-28-13-11-27)25-16-19-7-5-9-26(3)21(19)20-8-6-14-29-20/h6,8,14,18-19,21H,4-5,7,9-13,15-17H2,1-3H3,(H2,23,24,25). The normalized spacial score (nSPS) is 25.7. The quantitative estimate of drug-likeness (QED) is 0.499. The predicted octanol–water partition coefficient (Wildman–Crippen LogP) is 2.65. The van der Waals surface area contributed by atoms with E-state index in [1.807, 2.05) is 11.3 Å². The minimum Gasteiger partial charge on any atom is -0.379 e. The number of morpholine rings is 1. The van der Waals surface area contributed by atoms with Gasteiger partial charge in [-0.2, -0.15) is 0 Å². The van der Waals surface area contributed by atoms with Gasteiger partial charge in [0.25, 0.3) is 0 Å². The first-order chi connectivity index (χ1) is 14.2. The van der Waals surface area contributed by atoms with Crippen molar-refractivity contribution < 1.29 is 4.74 Å². The lowest BCUT2D eigenvalue weighted by atomic mass is 9.88. The molecule has 3 atom stereocenters. The first-order valence-electron chi connectivity index (χ1n) is 11.2. The van der Waals surface area contributed by atoms with Gasteiger partial charge in [-0.05, 0) is 56.6 Å². The number of likely N-dealkylation sites (tertiary alicyclic amines) is 1. The first kappa shape index (κ1) is 22.5. The molecule has 29 heavy (non-hydrogen) atoms. The van der Waals surface area contributed by atoms with E-state index < -0.39 is 0 Å². The van der Waals surface area contributed by atoms with Gasteiger partial charge in [0.1, 0.15) is 0 Å². The van der Waals surface area contributed by atoms with Crippen molar-refractivity contribution in [2.45, 2.75) is 32.7 Å². The van der Waals surface area contributed by atoms with Crippen LogP contribution in [-0.2, 0) is 4.74 Å². The average Bonchev–Trinajstić information content (AvgIpc) is 3.25. The molecule has 2 N–H and O–H groups in total. The maximum absolute atomic E-state index is 5.45. The van der Waals surface area contributed by atoms with Crippen molar-refractivity contribution >= 4 is 17.3 Å². The molecule has 164 valence electrons. The molecule has 3 rings (SSSR count). The number of hydrogen-bond acceptors (Lipinski definition) is 5. The van der Waals surface area contributed by atoms with Crippen LogP contribution in [0, 0.1) is 11.8 Å². The van der Waals surface area contributed by atoms with Crippen molar-refractivity contribution in [2.24, 2.45) is 16.8 Å². The Kier molecular flexibility index (Phi) is 9.24. The van der Waals surface area contributed by atoms with Gasteiger partial charge in [0.15, 0.2) is 5.96 Å². The first-order valence-corrected chi connectivity index (χ1v) is 12.1. The second-order valence-corrected chi connectivity index (χ2v) is 9.44. The molecule has 0 amide bonds. The minimum absolute atomic E-state index is 0.513. The molecule has 0 saturated carbocycles. The number of rotatable bonds is 8. The number of aliphatic imine (C=N–C) groups is 1. The summed E-state index contributed by atoms with van der Waals surface area (Å²) in [5.74, 6) is 2.12. The van der Waals surface area contributed by atoms with E-state index in [1.165, 1.54) is 24.3 Å². The van der Waals surface area contributed by atoms with Crippen LogP contribution in [0.15, 0.2) is 22.5 Å². The molecule has 3 unspecified atom stereocenters. The molecule has 2 aliphatic rings. The third-order valence-corrected chi connectivity index (χ3v) is 6.90. The molecule has 0 aromatic carbocycles. The second-order valence-electron chi connectivity index (χ2n) is 8.46. The Bertz CT molecular complexity index is 602. The number of nitrogens with zero attached hydrogens (tertiary/aromatic N) is 3. The van der Waals surface area contributed by atoms with Crippen molar-refractivity contribution in [3.8, 4) is 0 Å². The third kappa shape index (κ3) is 6.95. The van der Waals surface area contributed by atoms with Gasteiger partial charge in [0, 0.05) is 50.2 Å². The Morgan fingerprint density at radius 2 is 2.14 bits per heavy atom. The summed E-state index contributed by atoms with van der Waals surface area (Å²) in [5, 5.41) is 9.28.